The summed E-state index contributed by atoms with van der Waals surface area (Å²) >= 11 is 0. The van der Waals surface area contributed by atoms with Gasteiger partial charge in [0.05, 0.1) is 18.3 Å². The predicted octanol–water partition coefficient (Wildman–Crippen LogP) is 2.08. The zero-order valence-corrected chi connectivity index (χ0v) is 10.9. The van der Waals surface area contributed by atoms with E-state index < -0.39 is 0 Å². The number of ether oxygens (including phenoxy) is 2. The van der Waals surface area contributed by atoms with E-state index in [4.69, 9.17) is 9.47 Å². The Morgan fingerprint density at radius 3 is 1.67 bits per heavy atom. The molecule has 0 aliphatic heterocycles. The summed E-state index contributed by atoms with van der Waals surface area (Å²) in [4.78, 5) is 0. The summed E-state index contributed by atoms with van der Waals surface area (Å²) in [7, 11) is 3.38. The maximum atomic E-state index is 9.70. The van der Waals surface area contributed by atoms with Gasteiger partial charge in [0.1, 0.15) is 0 Å². The summed E-state index contributed by atoms with van der Waals surface area (Å²) in [5.41, 5.74) is 0. The Morgan fingerprint density at radius 2 is 1.47 bits per heavy atom. The molecule has 0 spiro atoms. The van der Waals surface area contributed by atoms with Crippen LogP contribution in [0.25, 0.3) is 0 Å². The molecule has 0 amide bonds. The van der Waals surface area contributed by atoms with Crippen molar-refractivity contribution in [1.82, 2.24) is 0 Å². The fourth-order valence-electron chi connectivity index (χ4n) is 2.19. The van der Waals surface area contributed by atoms with E-state index in [1.807, 2.05) is 6.92 Å². The van der Waals surface area contributed by atoms with Gasteiger partial charge in [0.2, 0.25) is 0 Å². The molecular weight excluding hydrogens is 192 g/mol. The summed E-state index contributed by atoms with van der Waals surface area (Å²) in [5, 5.41) is 9.70. The second-order valence-corrected chi connectivity index (χ2v) is 4.46. The van der Waals surface area contributed by atoms with Crippen molar-refractivity contribution >= 4 is 0 Å². The van der Waals surface area contributed by atoms with E-state index in [1.54, 1.807) is 14.2 Å². The molecule has 0 fully saturated rings. The maximum absolute atomic E-state index is 9.70. The first-order chi connectivity index (χ1) is 6.99. The van der Waals surface area contributed by atoms with Crippen LogP contribution in [-0.2, 0) is 9.47 Å². The third-order valence-corrected chi connectivity index (χ3v) is 3.04. The molecule has 1 N–H and O–H groups in total. The molecule has 0 aromatic rings. The first kappa shape index (κ1) is 14.9. The fourth-order valence-corrected chi connectivity index (χ4v) is 2.19. The smallest absolute Gasteiger partial charge is 0.0887 e. The van der Waals surface area contributed by atoms with Gasteiger partial charge in [-0.05, 0) is 19.3 Å². The quantitative estimate of drug-likeness (QED) is 0.711. The van der Waals surface area contributed by atoms with Crippen LogP contribution in [-0.4, -0.2) is 37.6 Å². The zero-order valence-electron chi connectivity index (χ0n) is 10.9. The fraction of sp³-hybridized carbons (Fsp3) is 1.00. The summed E-state index contributed by atoms with van der Waals surface area (Å²) in [6.07, 6.45) is 0.522. The van der Waals surface area contributed by atoms with E-state index in [9.17, 15) is 5.11 Å². The van der Waals surface area contributed by atoms with Crippen molar-refractivity contribution in [3.63, 3.8) is 0 Å². The lowest BCUT2D eigenvalue weighted by Gasteiger charge is -2.35. The third kappa shape index (κ3) is 4.09. The van der Waals surface area contributed by atoms with E-state index in [-0.39, 0.29) is 24.2 Å². The van der Waals surface area contributed by atoms with Gasteiger partial charge in [-0.3, -0.25) is 0 Å². The first-order valence-electron chi connectivity index (χ1n) is 5.73. The monoisotopic (exact) mass is 218 g/mol. The zero-order chi connectivity index (χ0) is 12.0. The van der Waals surface area contributed by atoms with Crippen molar-refractivity contribution in [3.05, 3.63) is 0 Å². The molecule has 92 valence electrons. The summed E-state index contributed by atoms with van der Waals surface area (Å²) in [5.74, 6) is 0.509. The minimum Gasteiger partial charge on any atom is -0.393 e. The number of aliphatic hydroxyl groups excluding tert-OH is 1. The highest BCUT2D eigenvalue weighted by Gasteiger charge is 2.33. The molecule has 3 nitrogen and oxygen atoms in total. The Balaban J connectivity index is 4.68. The van der Waals surface area contributed by atoms with Crippen LogP contribution in [0.2, 0.25) is 0 Å². The van der Waals surface area contributed by atoms with Crippen LogP contribution in [0.4, 0.5) is 0 Å². The molecule has 0 heterocycles. The van der Waals surface area contributed by atoms with Crippen LogP contribution in [0, 0.1) is 11.8 Å². The minimum atomic E-state index is -0.364. The van der Waals surface area contributed by atoms with Gasteiger partial charge in [0.25, 0.3) is 0 Å². The van der Waals surface area contributed by atoms with Crippen molar-refractivity contribution in [2.24, 2.45) is 11.8 Å². The second-order valence-electron chi connectivity index (χ2n) is 4.46. The maximum Gasteiger partial charge on any atom is 0.0887 e. The average Bonchev–Trinajstić information content (AvgIpc) is 2.16. The molecule has 0 aliphatic rings. The van der Waals surface area contributed by atoms with E-state index in [0.29, 0.717) is 5.92 Å². The van der Waals surface area contributed by atoms with Crippen LogP contribution in [0.1, 0.15) is 34.1 Å². The molecule has 0 rings (SSSR count). The van der Waals surface area contributed by atoms with E-state index in [0.717, 1.165) is 6.42 Å². The van der Waals surface area contributed by atoms with E-state index in [2.05, 4.69) is 20.8 Å². The normalized spacial score (nSPS) is 20.0. The number of methoxy groups -OCH3 is 2. The van der Waals surface area contributed by atoms with Crippen molar-refractivity contribution in [2.45, 2.75) is 52.4 Å². The lowest BCUT2D eigenvalue weighted by molar-refractivity contribution is -0.106. The topological polar surface area (TPSA) is 38.7 Å². The van der Waals surface area contributed by atoms with Crippen LogP contribution in [0.3, 0.4) is 0 Å². The SMILES string of the molecule is CCC(C(C)O)C(OC)C(OC)C(C)C. The first-order valence-corrected chi connectivity index (χ1v) is 5.73. The Hall–Kier alpha value is -0.120. The highest BCUT2D eigenvalue weighted by Crippen LogP contribution is 2.24. The molecule has 3 heteroatoms. The van der Waals surface area contributed by atoms with Crippen molar-refractivity contribution in [1.29, 1.82) is 0 Å². The van der Waals surface area contributed by atoms with Gasteiger partial charge in [0, 0.05) is 20.1 Å². The van der Waals surface area contributed by atoms with Crippen LogP contribution >= 0.6 is 0 Å². The molecule has 0 saturated heterocycles. The second kappa shape index (κ2) is 7.20. The summed E-state index contributed by atoms with van der Waals surface area (Å²) < 4.78 is 11.0. The molecule has 0 radical (unpaired) electrons. The highest BCUT2D eigenvalue weighted by molar-refractivity contribution is 4.82. The van der Waals surface area contributed by atoms with Crippen LogP contribution in [0.15, 0.2) is 0 Å². The van der Waals surface area contributed by atoms with E-state index >= 15 is 0 Å². The number of hydrogen-bond acceptors (Lipinski definition) is 3. The van der Waals surface area contributed by atoms with Gasteiger partial charge in [-0.2, -0.15) is 0 Å². The molecule has 15 heavy (non-hydrogen) atoms. The summed E-state index contributed by atoms with van der Waals surface area (Å²) in [6.45, 7) is 8.09. The van der Waals surface area contributed by atoms with Crippen molar-refractivity contribution in [3.8, 4) is 0 Å². The summed E-state index contributed by atoms with van der Waals surface area (Å²) in [6, 6.07) is 0. The third-order valence-electron chi connectivity index (χ3n) is 3.04. The molecule has 0 aliphatic carbocycles. The number of aliphatic hydroxyl groups is 1. The minimum absolute atomic E-state index is 0.0366. The van der Waals surface area contributed by atoms with Gasteiger partial charge in [-0.25, -0.2) is 0 Å². The highest BCUT2D eigenvalue weighted by atomic mass is 16.5. The largest absolute Gasteiger partial charge is 0.393 e. The van der Waals surface area contributed by atoms with Gasteiger partial charge in [-0.15, -0.1) is 0 Å². The molecular formula is C12H26O3. The molecule has 0 aromatic carbocycles. The Morgan fingerprint density at radius 1 is 1.00 bits per heavy atom. The van der Waals surface area contributed by atoms with Gasteiger partial charge in [0.15, 0.2) is 0 Å². The average molecular weight is 218 g/mol. The van der Waals surface area contributed by atoms with Gasteiger partial charge >= 0.3 is 0 Å². The lowest BCUT2D eigenvalue weighted by Crippen LogP contribution is -2.43. The molecule has 4 unspecified atom stereocenters. The molecule has 4 atom stereocenters. The Labute approximate surface area is 93.8 Å². The predicted molar refractivity (Wildman–Crippen MR) is 61.9 cm³/mol. The standard InChI is InChI=1S/C12H26O3/c1-7-10(9(4)13)12(15-6)11(14-5)8(2)3/h8-13H,7H2,1-6H3. The lowest BCUT2D eigenvalue weighted by atomic mass is 9.86. The number of hydrogen-bond donors (Lipinski definition) is 1. The Kier molecular flexibility index (Phi) is 7.14. The van der Waals surface area contributed by atoms with Crippen molar-refractivity contribution < 1.29 is 14.6 Å². The molecule has 0 saturated carbocycles. The van der Waals surface area contributed by atoms with E-state index in [1.165, 1.54) is 0 Å². The van der Waals surface area contributed by atoms with Crippen LogP contribution < -0.4 is 0 Å². The van der Waals surface area contributed by atoms with Gasteiger partial charge in [-0.1, -0.05) is 20.8 Å². The molecule has 0 bridgehead atoms. The van der Waals surface area contributed by atoms with Crippen LogP contribution in [0.5, 0.6) is 0 Å². The van der Waals surface area contributed by atoms with Gasteiger partial charge < -0.3 is 14.6 Å². The number of rotatable bonds is 7. The van der Waals surface area contributed by atoms with Crippen molar-refractivity contribution in [2.75, 3.05) is 14.2 Å². The molecule has 0 aromatic heterocycles. The Bertz CT molecular complexity index is 141.